The van der Waals surface area contributed by atoms with Gasteiger partial charge in [0.15, 0.2) is 5.78 Å². The van der Waals surface area contributed by atoms with Gasteiger partial charge in [-0.25, -0.2) is 0 Å². The van der Waals surface area contributed by atoms with Gasteiger partial charge in [-0.1, -0.05) is 64.3 Å². The third-order valence-corrected chi connectivity index (χ3v) is 6.93. The van der Waals surface area contributed by atoms with Gasteiger partial charge in [-0.2, -0.15) is 0 Å². The van der Waals surface area contributed by atoms with Crippen molar-refractivity contribution in [1.29, 1.82) is 0 Å². The molecule has 2 aromatic carbocycles. The number of benzene rings is 2. The molecule has 2 N–H and O–H groups in total. The maximum Gasteiger partial charge on any atom is 0.311 e. The number of carbonyl (C=O) groups is 2. The fourth-order valence-electron chi connectivity index (χ4n) is 4.93. The largest absolute Gasteiger partial charge is 0.481 e. The van der Waals surface area contributed by atoms with Gasteiger partial charge in [0, 0.05) is 29.1 Å². The Morgan fingerprint density at radius 2 is 1.81 bits per heavy atom. The first-order chi connectivity index (χ1) is 15.2. The van der Waals surface area contributed by atoms with Gasteiger partial charge in [0.1, 0.15) is 0 Å². The monoisotopic (exact) mass is 431 g/mol. The minimum absolute atomic E-state index is 0.0520. The smallest absolute Gasteiger partial charge is 0.311 e. The van der Waals surface area contributed by atoms with Crippen molar-refractivity contribution >= 4 is 22.7 Å². The average Bonchev–Trinajstić information content (AvgIpc) is 3.20. The van der Waals surface area contributed by atoms with Gasteiger partial charge in [0.25, 0.3) is 0 Å². The fraction of sp³-hybridized carbons (Fsp3) is 0.429. The van der Waals surface area contributed by atoms with Crippen molar-refractivity contribution in [3.05, 3.63) is 70.9 Å². The van der Waals surface area contributed by atoms with Crippen LogP contribution in [0, 0.1) is 0 Å². The Hall–Kier alpha value is -2.88. The molecular weight excluding hydrogens is 398 g/mol. The Morgan fingerprint density at radius 3 is 2.50 bits per heavy atom. The minimum Gasteiger partial charge on any atom is -0.481 e. The van der Waals surface area contributed by atoms with Gasteiger partial charge in [-0.15, -0.1) is 0 Å². The van der Waals surface area contributed by atoms with E-state index >= 15 is 0 Å². The molecule has 4 rings (SSSR count). The van der Waals surface area contributed by atoms with E-state index in [9.17, 15) is 14.7 Å². The summed E-state index contributed by atoms with van der Waals surface area (Å²) in [4.78, 5) is 28.6. The Balaban J connectivity index is 1.64. The van der Waals surface area contributed by atoms with E-state index in [2.05, 4.69) is 44.0 Å². The van der Waals surface area contributed by atoms with Gasteiger partial charge >= 0.3 is 5.97 Å². The van der Waals surface area contributed by atoms with Crippen molar-refractivity contribution in [2.24, 2.45) is 0 Å². The van der Waals surface area contributed by atoms with E-state index in [0.29, 0.717) is 17.0 Å². The zero-order valence-corrected chi connectivity index (χ0v) is 19.3. The molecule has 1 aliphatic rings. The molecule has 1 saturated carbocycles. The molecule has 32 heavy (non-hydrogen) atoms. The molecular formula is C28H33NO3. The summed E-state index contributed by atoms with van der Waals surface area (Å²) in [7, 11) is 0. The number of rotatable bonds is 6. The first kappa shape index (κ1) is 22.3. The second-order valence-corrected chi connectivity index (χ2v) is 10.2. The predicted octanol–water partition coefficient (Wildman–Crippen LogP) is 6.95. The number of H-pyrrole nitrogens is 1. The molecule has 1 aliphatic carbocycles. The molecule has 1 atom stereocenters. The highest BCUT2D eigenvalue weighted by molar-refractivity contribution is 6.00. The number of aromatic nitrogens is 1. The number of nitrogens with one attached hydrogen (secondary N) is 1. The van der Waals surface area contributed by atoms with Gasteiger partial charge in [-0.3, -0.25) is 9.59 Å². The number of carbonyl (C=O) groups excluding carboxylic acids is 1. The summed E-state index contributed by atoms with van der Waals surface area (Å²) in [5.41, 5.74) is 4.48. The summed E-state index contributed by atoms with van der Waals surface area (Å²) in [5, 5.41) is 11.0. The van der Waals surface area contributed by atoms with E-state index in [1.807, 2.05) is 18.2 Å². The molecule has 0 radical (unpaired) electrons. The van der Waals surface area contributed by atoms with Crippen molar-refractivity contribution < 1.29 is 14.7 Å². The number of ketones is 1. The molecule has 0 aliphatic heterocycles. The van der Waals surface area contributed by atoms with Gasteiger partial charge < -0.3 is 10.1 Å². The molecule has 4 nitrogen and oxygen atoms in total. The summed E-state index contributed by atoms with van der Waals surface area (Å²) in [5.74, 6) is -1.44. The highest BCUT2D eigenvalue weighted by Crippen LogP contribution is 2.36. The third kappa shape index (κ3) is 4.64. The molecule has 0 bridgehead atoms. The van der Waals surface area contributed by atoms with E-state index in [4.69, 9.17) is 0 Å². The number of hydrogen-bond acceptors (Lipinski definition) is 2. The van der Waals surface area contributed by atoms with Crippen molar-refractivity contribution in [2.75, 3.05) is 0 Å². The lowest BCUT2D eigenvalue weighted by Gasteiger charge is -2.22. The number of carboxylic acid groups (broad SMARTS) is 1. The number of aromatic amines is 1. The SMILES string of the molecule is CC(C)(C)c1cccc(C(=O)CC(C(=O)O)c2c[nH]c3ccc(C4CCCCC4)cc23)c1. The molecule has 1 heterocycles. The molecule has 0 spiro atoms. The standard InChI is InChI=1S/C28H33NO3/c1-28(2,3)21-11-7-10-20(14-21)26(30)16-23(27(31)32)24-17-29-25-13-12-19(15-22(24)25)18-8-5-4-6-9-18/h7,10-15,17-18,23,29H,4-6,8-9,16H2,1-3H3,(H,31,32). The zero-order valence-electron chi connectivity index (χ0n) is 19.3. The van der Waals surface area contributed by atoms with Crippen LogP contribution < -0.4 is 0 Å². The quantitative estimate of drug-likeness (QED) is 0.415. The number of fused-ring (bicyclic) bond motifs is 1. The van der Waals surface area contributed by atoms with Crippen LogP contribution in [-0.2, 0) is 10.2 Å². The third-order valence-electron chi connectivity index (χ3n) is 6.93. The molecule has 3 aromatic rings. The first-order valence-electron chi connectivity index (χ1n) is 11.7. The highest BCUT2D eigenvalue weighted by atomic mass is 16.4. The van der Waals surface area contributed by atoms with Gasteiger partial charge in [-0.05, 0) is 59.1 Å². The second-order valence-electron chi connectivity index (χ2n) is 10.2. The summed E-state index contributed by atoms with van der Waals surface area (Å²) in [6.45, 7) is 6.31. The summed E-state index contributed by atoms with van der Waals surface area (Å²) in [6, 6.07) is 13.9. The van der Waals surface area contributed by atoms with E-state index in [-0.39, 0.29) is 17.6 Å². The summed E-state index contributed by atoms with van der Waals surface area (Å²) >= 11 is 0. The van der Waals surface area contributed by atoms with Crippen LogP contribution >= 0.6 is 0 Å². The predicted molar refractivity (Wildman–Crippen MR) is 129 cm³/mol. The molecule has 0 amide bonds. The summed E-state index contributed by atoms with van der Waals surface area (Å²) in [6.07, 6.45) is 7.90. The van der Waals surface area contributed by atoms with Crippen LogP contribution in [0.4, 0.5) is 0 Å². The zero-order chi connectivity index (χ0) is 22.9. The molecule has 168 valence electrons. The lowest BCUT2D eigenvalue weighted by molar-refractivity contribution is -0.138. The van der Waals surface area contributed by atoms with Crippen LogP contribution in [0.1, 0.15) is 98.2 Å². The lowest BCUT2D eigenvalue weighted by atomic mass is 9.83. The van der Waals surface area contributed by atoms with Gasteiger partial charge in [0.2, 0.25) is 0 Å². The lowest BCUT2D eigenvalue weighted by Crippen LogP contribution is -2.17. The maximum absolute atomic E-state index is 13.1. The normalized spacial score (nSPS) is 16.2. The molecule has 0 saturated heterocycles. The number of Topliss-reactive ketones (excluding diaryl/α,β-unsaturated/α-hetero) is 1. The van der Waals surface area contributed by atoms with Gasteiger partial charge in [0.05, 0.1) is 5.92 Å². The van der Waals surface area contributed by atoms with Crippen LogP contribution in [0.25, 0.3) is 10.9 Å². The first-order valence-corrected chi connectivity index (χ1v) is 11.7. The Bertz CT molecular complexity index is 1130. The second kappa shape index (κ2) is 8.93. The Labute approximate surface area is 190 Å². The van der Waals surface area contributed by atoms with Crippen molar-refractivity contribution in [1.82, 2.24) is 4.98 Å². The Kier molecular flexibility index (Phi) is 6.23. The Morgan fingerprint density at radius 1 is 1.06 bits per heavy atom. The molecule has 4 heteroatoms. The van der Waals surface area contributed by atoms with E-state index in [1.54, 1.807) is 12.3 Å². The van der Waals surface area contributed by atoms with Crippen LogP contribution in [0.15, 0.2) is 48.7 Å². The fourth-order valence-corrected chi connectivity index (χ4v) is 4.93. The number of hydrogen-bond donors (Lipinski definition) is 2. The minimum atomic E-state index is -0.964. The summed E-state index contributed by atoms with van der Waals surface area (Å²) < 4.78 is 0. The van der Waals surface area contributed by atoms with Crippen LogP contribution in [0.2, 0.25) is 0 Å². The van der Waals surface area contributed by atoms with E-state index in [0.717, 1.165) is 16.5 Å². The maximum atomic E-state index is 13.1. The number of aliphatic carboxylic acids is 1. The van der Waals surface area contributed by atoms with Crippen molar-refractivity contribution in [3.63, 3.8) is 0 Å². The topological polar surface area (TPSA) is 70.2 Å². The highest BCUT2D eigenvalue weighted by Gasteiger charge is 2.28. The van der Waals surface area contributed by atoms with Crippen LogP contribution in [0.5, 0.6) is 0 Å². The van der Waals surface area contributed by atoms with Crippen LogP contribution in [-0.4, -0.2) is 21.8 Å². The van der Waals surface area contributed by atoms with Crippen LogP contribution in [0.3, 0.4) is 0 Å². The number of carboxylic acids is 1. The molecule has 1 aromatic heterocycles. The average molecular weight is 432 g/mol. The van der Waals surface area contributed by atoms with E-state index < -0.39 is 11.9 Å². The van der Waals surface area contributed by atoms with E-state index in [1.165, 1.54) is 37.7 Å². The van der Waals surface area contributed by atoms with Crippen molar-refractivity contribution in [3.8, 4) is 0 Å². The molecule has 1 fully saturated rings. The van der Waals surface area contributed by atoms with Crippen molar-refractivity contribution in [2.45, 2.75) is 76.5 Å². The molecule has 1 unspecified atom stereocenters.